The highest BCUT2D eigenvalue weighted by Gasteiger charge is 2.17. The van der Waals surface area contributed by atoms with Crippen LogP contribution in [0.25, 0.3) is 0 Å². The molecule has 1 saturated heterocycles. The van der Waals surface area contributed by atoms with Crippen molar-refractivity contribution in [1.82, 2.24) is 4.90 Å². The first kappa shape index (κ1) is 15.6. The van der Waals surface area contributed by atoms with Crippen LogP contribution in [0.4, 0.5) is 10.5 Å². The first-order valence-corrected chi connectivity index (χ1v) is 7.48. The highest BCUT2D eigenvalue weighted by atomic mass is 16.5. The van der Waals surface area contributed by atoms with Crippen molar-refractivity contribution in [3.05, 3.63) is 24.3 Å². The van der Waals surface area contributed by atoms with Gasteiger partial charge in [-0.2, -0.15) is 0 Å². The molecular weight excluding hydrogens is 268 g/mol. The molecule has 0 bridgehead atoms. The molecule has 1 N–H and O–H groups in total. The fraction of sp³-hybridized carbons (Fsp3) is 0.562. The molecule has 0 spiro atoms. The van der Waals surface area contributed by atoms with E-state index in [0.717, 1.165) is 30.9 Å². The summed E-state index contributed by atoms with van der Waals surface area (Å²) in [5.74, 6) is 0.804. The zero-order valence-electron chi connectivity index (χ0n) is 13.0. The van der Waals surface area contributed by atoms with Gasteiger partial charge in [-0.05, 0) is 37.6 Å². The van der Waals surface area contributed by atoms with Gasteiger partial charge in [0.05, 0.1) is 13.2 Å². The molecule has 0 aromatic heterocycles. The standard InChI is InChI=1S/C16H24N2O3/c1-4-12(2)18(3)16(19)17-13-5-7-14(8-6-13)21-15-9-10-20-11-15/h5-8,12,15H,4,9-11H2,1-3H3,(H,17,19)/t12-,15+/m0/s1. The second-order valence-corrected chi connectivity index (χ2v) is 5.43. The van der Waals surface area contributed by atoms with Crippen LogP contribution in [0.3, 0.4) is 0 Å². The molecule has 1 heterocycles. The summed E-state index contributed by atoms with van der Waals surface area (Å²) in [6.07, 6.45) is 2.00. The summed E-state index contributed by atoms with van der Waals surface area (Å²) in [5, 5.41) is 2.88. The molecule has 2 rings (SSSR count). The first-order valence-electron chi connectivity index (χ1n) is 7.48. The Kier molecular flexibility index (Phi) is 5.44. The van der Waals surface area contributed by atoms with E-state index in [0.29, 0.717) is 6.61 Å². The Bertz CT molecular complexity index is 455. The summed E-state index contributed by atoms with van der Waals surface area (Å²) >= 11 is 0. The van der Waals surface area contributed by atoms with Gasteiger partial charge in [-0.25, -0.2) is 4.79 Å². The van der Waals surface area contributed by atoms with Gasteiger partial charge in [0.25, 0.3) is 0 Å². The Morgan fingerprint density at radius 2 is 2.19 bits per heavy atom. The summed E-state index contributed by atoms with van der Waals surface area (Å²) in [6.45, 7) is 5.51. The molecule has 5 heteroatoms. The number of nitrogens with one attached hydrogen (secondary N) is 1. The lowest BCUT2D eigenvalue weighted by molar-refractivity contribution is 0.141. The number of anilines is 1. The molecule has 0 aliphatic carbocycles. The van der Waals surface area contributed by atoms with Crippen molar-refractivity contribution in [2.45, 2.75) is 38.8 Å². The average molecular weight is 292 g/mol. The van der Waals surface area contributed by atoms with Crippen molar-refractivity contribution in [3.8, 4) is 5.75 Å². The first-order chi connectivity index (χ1) is 10.1. The molecule has 5 nitrogen and oxygen atoms in total. The third kappa shape index (κ3) is 4.36. The maximum absolute atomic E-state index is 12.0. The van der Waals surface area contributed by atoms with Crippen LogP contribution in [-0.2, 0) is 4.74 Å². The minimum absolute atomic E-state index is 0.0952. The third-order valence-corrected chi connectivity index (χ3v) is 3.87. The number of rotatable bonds is 5. The fourth-order valence-corrected chi connectivity index (χ4v) is 2.10. The summed E-state index contributed by atoms with van der Waals surface area (Å²) < 4.78 is 11.1. The van der Waals surface area contributed by atoms with Gasteiger partial charge in [0, 0.05) is 25.2 Å². The van der Waals surface area contributed by atoms with E-state index in [9.17, 15) is 4.79 Å². The van der Waals surface area contributed by atoms with Gasteiger partial charge in [-0.1, -0.05) is 6.92 Å². The number of hydrogen-bond donors (Lipinski definition) is 1. The second-order valence-electron chi connectivity index (χ2n) is 5.43. The summed E-state index contributed by atoms with van der Waals surface area (Å²) in [4.78, 5) is 13.8. The molecule has 2 atom stereocenters. The van der Waals surface area contributed by atoms with Crippen molar-refractivity contribution in [1.29, 1.82) is 0 Å². The predicted octanol–water partition coefficient (Wildman–Crippen LogP) is 3.12. The van der Waals surface area contributed by atoms with Crippen molar-refractivity contribution >= 4 is 11.7 Å². The lowest BCUT2D eigenvalue weighted by Gasteiger charge is -2.24. The number of nitrogens with zero attached hydrogens (tertiary/aromatic N) is 1. The molecule has 1 aromatic rings. The quantitative estimate of drug-likeness (QED) is 0.907. The molecule has 2 amide bonds. The van der Waals surface area contributed by atoms with Crippen LogP contribution in [-0.4, -0.2) is 43.3 Å². The molecule has 0 saturated carbocycles. The van der Waals surface area contributed by atoms with E-state index in [1.165, 1.54) is 0 Å². The van der Waals surface area contributed by atoms with Crippen LogP contribution >= 0.6 is 0 Å². The largest absolute Gasteiger partial charge is 0.488 e. The zero-order valence-corrected chi connectivity index (χ0v) is 13.0. The normalized spacial score (nSPS) is 19.1. The SMILES string of the molecule is CC[C@H](C)N(C)C(=O)Nc1ccc(O[C@@H]2CCOC2)cc1. The van der Waals surface area contributed by atoms with Gasteiger partial charge in [-0.15, -0.1) is 0 Å². The Labute approximate surface area is 126 Å². The van der Waals surface area contributed by atoms with Crippen LogP contribution in [0.2, 0.25) is 0 Å². The van der Waals surface area contributed by atoms with Gasteiger partial charge < -0.3 is 19.7 Å². The molecule has 0 unspecified atom stereocenters. The maximum Gasteiger partial charge on any atom is 0.321 e. The molecule has 1 aliphatic rings. The highest BCUT2D eigenvalue weighted by molar-refractivity contribution is 5.89. The van der Waals surface area contributed by atoms with E-state index in [2.05, 4.69) is 12.2 Å². The second kappa shape index (κ2) is 7.31. The van der Waals surface area contributed by atoms with E-state index in [-0.39, 0.29) is 18.2 Å². The van der Waals surface area contributed by atoms with Crippen LogP contribution in [0.1, 0.15) is 26.7 Å². The van der Waals surface area contributed by atoms with Gasteiger partial charge in [-0.3, -0.25) is 0 Å². The van der Waals surface area contributed by atoms with Gasteiger partial charge in [0.1, 0.15) is 11.9 Å². The van der Waals surface area contributed by atoms with Gasteiger partial charge in [0.2, 0.25) is 0 Å². The number of ether oxygens (including phenoxy) is 2. The molecule has 1 aliphatic heterocycles. The van der Waals surface area contributed by atoms with Crippen molar-refractivity contribution in [2.24, 2.45) is 0 Å². The predicted molar refractivity (Wildman–Crippen MR) is 82.8 cm³/mol. The van der Waals surface area contributed by atoms with E-state index >= 15 is 0 Å². The molecular formula is C16H24N2O3. The molecule has 21 heavy (non-hydrogen) atoms. The van der Waals surface area contributed by atoms with Gasteiger partial charge in [0.15, 0.2) is 0 Å². The minimum Gasteiger partial charge on any atom is -0.488 e. The van der Waals surface area contributed by atoms with E-state index in [1.54, 1.807) is 11.9 Å². The molecule has 1 fully saturated rings. The number of hydrogen-bond acceptors (Lipinski definition) is 3. The van der Waals surface area contributed by atoms with E-state index < -0.39 is 0 Å². The summed E-state index contributed by atoms with van der Waals surface area (Å²) in [5.41, 5.74) is 0.769. The maximum atomic E-state index is 12.0. The number of carbonyl (C=O) groups is 1. The zero-order chi connectivity index (χ0) is 15.2. The lowest BCUT2D eigenvalue weighted by atomic mass is 10.2. The Hall–Kier alpha value is -1.75. The minimum atomic E-state index is -0.0952. The topological polar surface area (TPSA) is 50.8 Å². The summed E-state index contributed by atoms with van der Waals surface area (Å²) in [6, 6.07) is 7.58. The van der Waals surface area contributed by atoms with Crippen molar-refractivity contribution < 1.29 is 14.3 Å². The molecule has 116 valence electrons. The van der Waals surface area contributed by atoms with Crippen molar-refractivity contribution in [3.63, 3.8) is 0 Å². The van der Waals surface area contributed by atoms with E-state index in [1.807, 2.05) is 31.2 Å². The summed E-state index contributed by atoms with van der Waals surface area (Å²) in [7, 11) is 1.81. The number of urea groups is 1. The Balaban J connectivity index is 1.88. The number of benzene rings is 1. The number of amides is 2. The van der Waals surface area contributed by atoms with Crippen LogP contribution in [0.5, 0.6) is 5.75 Å². The molecule has 0 radical (unpaired) electrons. The van der Waals surface area contributed by atoms with Crippen molar-refractivity contribution in [2.75, 3.05) is 25.6 Å². The van der Waals surface area contributed by atoms with Gasteiger partial charge >= 0.3 is 6.03 Å². The lowest BCUT2D eigenvalue weighted by Crippen LogP contribution is -2.37. The van der Waals surface area contributed by atoms with Crippen LogP contribution < -0.4 is 10.1 Å². The fourth-order valence-electron chi connectivity index (χ4n) is 2.10. The Morgan fingerprint density at radius 1 is 1.48 bits per heavy atom. The van der Waals surface area contributed by atoms with Crippen LogP contribution in [0.15, 0.2) is 24.3 Å². The average Bonchev–Trinajstić information content (AvgIpc) is 3.00. The molecule has 1 aromatic carbocycles. The monoisotopic (exact) mass is 292 g/mol. The van der Waals surface area contributed by atoms with E-state index in [4.69, 9.17) is 9.47 Å². The smallest absolute Gasteiger partial charge is 0.321 e. The number of carbonyl (C=O) groups excluding carboxylic acids is 1. The third-order valence-electron chi connectivity index (χ3n) is 3.87. The Morgan fingerprint density at radius 3 is 2.76 bits per heavy atom. The highest BCUT2D eigenvalue weighted by Crippen LogP contribution is 2.20. The van der Waals surface area contributed by atoms with Crippen LogP contribution in [0, 0.1) is 0 Å².